The summed E-state index contributed by atoms with van der Waals surface area (Å²) < 4.78 is 39.8. The number of hydrogen-bond donors (Lipinski definition) is 3. The fourth-order valence-electron chi connectivity index (χ4n) is 2.33. The number of nitrogens with zero attached hydrogens (tertiary/aromatic N) is 3. The molecule has 1 aromatic rings. The first-order valence-corrected chi connectivity index (χ1v) is 7.13. The maximum absolute atomic E-state index is 12.9. The maximum atomic E-state index is 12.9. The zero-order chi connectivity index (χ0) is 17.0. The minimum absolute atomic E-state index is 0.00354. The fourth-order valence-corrected chi connectivity index (χ4v) is 2.33. The van der Waals surface area contributed by atoms with E-state index in [1.165, 1.54) is 20.3 Å². The van der Waals surface area contributed by atoms with E-state index in [1.807, 2.05) is 0 Å². The lowest BCUT2D eigenvalue weighted by Gasteiger charge is -2.25. The summed E-state index contributed by atoms with van der Waals surface area (Å²) in [5.41, 5.74) is -0.868. The van der Waals surface area contributed by atoms with E-state index in [2.05, 4.69) is 26.0 Å². The Labute approximate surface area is 131 Å². The van der Waals surface area contributed by atoms with Gasteiger partial charge in [-0.2, -0.15) is 18.3 Å². The van der Waals surface area contributed by atoms with Gasteiger partial charge in [0.15, 0.2) is 11.7 Å². The van der Waals surface area contributed by atoms with E-state index in [0.717, 1.165) is 4.68 Å². The second kappa shape index (κ2) is 6.88. The van der Waals surface area contributed by atoms with Crippen molar-refractivity contribution in [3.8, 4) is 0 Å². The molecule has 1 fully saturated rings. The lowest BCUT2D eigenvalue weighted by molar-refractivity contribution is -0.142. The highest BCUT2D eigenvalue weighted by atomic mass is 19.4. The van der Waals surface area contributed by atoms with Crippen LogP contribution in [0.1, 0.15) is 24.1 Å². The minimum Gasteiger partial charge on any atom is -0.354 e. The summed E-state index contributed by atoms with van der Waals surface area (Å²) in [6, 6.07) is -0.00474. The largest absolute Gasteiger partial charge is 0.435 e. The number of alkyl halides is 3. The maximum Gasteiger partial charge on any atom is 0.435 e. The van der Waals surface area contributed by atoms with Crippen LogP contribution in [0.4, 0.5) is 13.2 Å². The van der Waals surface area contributed by atoms with E-state index in [4.69, 9.17) is 0 Å². The number of amides is 1. The third-order valence-electron chi connectivity index (χ3n) is 3.45. The highest BCUT2D eigenvalue weighted by molar-refractivity contribution is 5.81. The van der Waals surface area contributed by atoms with Crippen molar-refractivity contribution in [1.29, 1.82) is 0 Å². The first-order valence-electron chi connectivity index (χ1n) is 7.13. The SMILES string of the molecule is CN=C(NCc1cn(C)nc1C(F)(F)F)NC1CCC(=O)NC1. The summed E-state index contributed by atoms with van der Waals surface area (Å²) in [4.78, 5) is 15.1. The van der Waals surface area contributed by atoms with Crippen molar-refractivity contribution in [2.24, 2.45) is 12.0 Å². The predicted molar refractivity (Wildman–Crippen MR) is 77.6 cm³/mol. The summed E-state index contributed by atoms with van der Waals surface area (Å²) in [6.45, 7) is 0.404. The van der Waals surface area contributed by atoms with Gasteiger partial charge in [0.2, 0.25) is 5.91 Å². The molecular formula is C13H19F3N6O. The summed E-state index contributed by atoms with van der Waals surface area (Å²) in [5, 5.41) is 12.1. The van der Waals surface area contributed by atoms with Gasteiger partial charge in [0.25, 0.3) is 0 Å². The molecule has 1 amide bonds. The molecule has 1 saturated heterocycles. The van der Waals surface area contributed by atoms with Gasteiger partial charge >= 0.3 is 6.18 Å². The molecule has 1 aliphatic heterocycles. The number of carbonyl (C=O) groups is 1. The fraction of sp³-hybridized carbons (Fsp3) is 0.615. The van der Waals surface area contributed by atoms with Gasteiger partial charge in [0.05, 0.1) is 0 Å². The summed E-state index contributed by atoms with van der Waals surface area (Å²) in [7, 11) is 2.97. The first kappa shape index (κ1) is 17.1. The molecule has 2 rings (SSSR count). The van der Waals surface area contributed by atoms with Gasteiger partial charge in [-0.15, -0.1) is 0 Å². The molecule has 1 aromatic heterocycles. The topological polar surface area (TPSA) is 83.3 Å². The standard InChI is InChI=1S/C13H19F3N6O/c1-17-12(20-9-3-4-10(23)18-6-9)19-5-8-7-22(2)21-11(8)13(14,15)16/h7,9H,3-6H2,1-2H3,(H,18,23)(H2,17,19,20). The summed E-state index contributed by atoms with van der Waals surface area (Å²) >= 11 is 0. The number of rotatable bonds is 3. The molecule has 1 unspecified atom stereocenters. The molecule has 128 valence electrons. The van der Waals surface area contributed by atoms with E-state index in [9.17, 15) is 18.0 Å². The molecule has 10 heteroatoms. The Morgan fingerprint density at radius 1 is 1.57 bits per heavy atom. The minimum atomic E-state index is -4.50. The van der Waals surface area contributed by atoms with Crippen LogP contribution >= 0.6 is 0 Å². The highest BCUT2D eigenvalue weighted by Crippen LogP contribution is 2.30. The number of nitrogens with one attached hydrogen (secondary N) is 3. The van der Waals surface area contributed by atoms with Crippen LogP contribution in [0.15, 0.2) is 11.2 Å². The van der Waals surface area contributed by atoms with Gasteiger partial charge in [-0.3, -0.25) is 14.5 Å². The Kier molecular flexibility index (Phi) is 5.12. The van der Waals surface area contributed by atoms with E-state index in [1.54, 1.807) is 0 Å². The van der Waals surface area contributed by atoms with E-state index in [-0.39, 0.29) is 24.1 Å². The zero-order valence-electron chi connectivity index (χ0n) is 12.9. The van der Waals surface area contributed by atoms with Crippen molar-refractivity contribution in [1.82, 2.24) is 25.7 Å². The van der Waals surface area contributed by atoms with Gasteiger partial charge in [0, 0.05) is 51.4 Å². The Hall–Kier alpha value is -2.26. The normalized spacial score (nSPS) is 19.4. The van der Waals surface area contributed by atoms with Crippen molar-refractivity contribution in [3.63, 3.8) is 0 Å². The summed E-state index contributed by atoms with van der Waals surface area (Å²) in [6.07, 6.45) is -2.12. The molecule has 0 radical (unpaired) electrons. The smallest absolute Gasteiger partial charge is 0.354 e. The van der Waals surface area contributed by atoms with Crippen molar-refractivity contribution < 1.29 is 18.0 Å². The van der Waals surface area contributed by atoms with E-state index >= 15 is 0 Å². The lowest BCUT2D eigenvalue weighted by Crippen LogP contribution is -2.51. The summed E-state index contributed by atoms with van der Waals surface area (Å²) in [5.74, 6) is 0.374. The van der Waals surface area contributed by atoms with Gasteiger partial charge in [-0.25, -0.2) is 0 Å². The van der Waals surface area contributed by atoms with Crippen LogP contribution in [0, 0.1) is 0 Å². The average Bonchev–Trinajstić information content (AvgIpc) is 2.87. The van der Waals surface area contributed by atoms with Gasteiger partial charge in [-0.1, -0.05) is 0 Å². The molecule has 2 heterocycles. The number of aryl methyl sites for hydroxylation is 1. The van der Waals surface area contributed by atoms with Crippen LogP contribution < -0.4 is 16.0 Å². The Morgan fingerprint density at radius 3 is 2.87 bits per heavy atom. The van der Waals surface area contributed by atoms with Crippen molar-refractivity contribution in [3.05, 3.63) is 17.5 Å². The number of piperidine rings is 1. The van der Waals surface area contributed by atoms with Crippen LogP contribution in [0.2, 0.25) is 0 Å². The molecule has 7 nitrogen and oxygen atoms in total. The van der Waals surface area contributed by atoms with Gasteiger partial charge < -0.3 is 16.0 Å². The first-order chi connectivity index (χ1) is 10.8. The number of guanidine groups is 1. The molecule has 0 aromatic carbocycles. The number of aliphatic imine (C=N–C) groups is 1. The van der Waals surface area contributed by atoms with Crippen LogP contribution in [0.3, 0.4) is 0 Å². The zero-order valence-corrected chi connectivity index (χ0v) is 12.9. The number of halogens is 3. The number of aromatic nitrogens is 2. The molecule has 0 spiro atoms. The molecule has 0 saturated carbocycles. The monoisotopic (exact) mass is 332 g/mol. The second-order valence-corrected chi connectivity index (χ2v) is 5.28. The quantitative estimate of drug-likeness (QED) is 0.552. The van der Waals surface area contributed by atoms with Crippen LogP contribution in [0.25, 0.3) is 0 Å². The van der Waals surface area contributed by atoms with Crippen molar-refractivity contribution in [2.45, 2.75) is 31.6 Å². The lowest BCUT2D eigenvalue weighted by atomic mass is 10.1. The highest BCUT2D eigenvalue weighted by Gasteiger charge is 2.36. The molecule has 3 N–H and O–H groups in total. The Bertz CT molecular complexity index is 585. The molecule has 0 bridgehead atoms. The number of hydrogen-bond acceptors (Lipinski definition) is 3. The van der Waals surface area contributed by atoms with Crippen LogP contribution in [0.5, 0.6) is 0 Å². The second-order valence-electron chi connectivity index (χ2n) is 5.28. The number of carbonyl (C=O) groups excluding carboxylic acids is 1. The molecule has 23 heavy (non-hydrogen) atoms. The average molecular weight is 332 g/mol. The van der Waals surface area contributed by atoms with Crippen LogP contribution in [-0.2, 0) is 24.6 Å². The van der Waals surface area contributed by atoms with Gasteiger partial charge in [0.1, 0.15) is 0 Å². The van der Waals surface area contributed by atoms with Crippen molar-refractivity contribution in [2.75, 3.05) is 13.6 Å². The molecule has 1 atom stereocenters. The molecule has 0 aliphatic carbocycles. The molecular weight excluding hydrogens is 313 g/mol. The van der Waals surface area contributed by atoms with Crippen LogP contribution in [-0.4, -0.2) is 41.3 Å². The Balaban J connectivity index is 1.95. The van der Waals surface area contributed by atoms with Crippen molar-refractivity contribution >= 4 is 11.9 Å². The predicted octanol–water partition coefficient (Wildman–Crippen LogP) is 0.382. The van der Waals surface area contributed by atoms with E-state index in [0.29, 0.717) is 25.3 Å². The molecule has 1 aliphatic rings. The Morgan fingerprint density at radius 2 is 2.30 bits per heavy atom. The third kappa shape index (κ3) is 4.60. The van der Waals surface area contributed by atoms with Gasteiger partial charge in [-0.05, 0) is 6.42 Å². The third-order valence-corrected chi connectivity index (χ3v) is 3.45. The van der Waals surface area contributed by atoms with E-state index < -0.39 is 11.9 Å².